The van der Waals surface area contributed by atoms with Gasteiger partial charge in [0.15, 0.2) is 0 Å². The molecule has 0 aromatic rings. The SMILES string of the molecule is CCCCCCCCC=CCCCCCCC(C)C(C)C. The maximum Gasteiger partial charge on any atom is -0.0351 e. The molecule has 0 fully saturated rings. The fraction of sp³-hybridized carbons (Fsp3) is 0.905. The quantitative estimate of drug-likeness (QED) is 0.212. The van der Waals surface area contributed by atoms with E-state index in [1.165, 1.54) is 83.5 Å². The second-order valence-electron chi connectivity index (χ2n) is 7.24. The van der Waals surface area contributed by atoms with Gasteiger partial charge in [0, 0.05) is 0 Å². The van der Waals surface area contributed by atoms with Gasteiger partial charge in [-0.3, -0.25) is 0 Å². The largest absolute Gasteiger partial charge is 0.0885 e. The predicted molar refractivity (Wildman–Crippen MR) is 98.8 cm³/mol. The Labute approximate surface area is 135 Å². The van der Waals surface area contributed by atoms with Crippen LogP contribution in [0.5, 0.6) is 0 Å². The summed E-state index contributed by atoms with van der Waals surface area (Å²) < 4.78 is 0. The van der Waals surface area contributed by atoms with Gasteiger partial charge in [0.1, 0.15) is 0 Å². The van der Waals surface area contributed by atoms with Gasteiger partial charge in [0.25, 0.3) is 0 Å². The van der Waals surface area contributed by atoms with Crippen LogP contribution in [0.3, 0.4) is 0 Å². The van der Waals surface area contributed by atoms with E-state index in [0.29, 0.717) is 0 Å². The van der Waals surface area contributed by atoms with Crippen molar-refractivity contribution < 1.29 is 0 Å². The highest BCUT2D eigenvalue weighted by atomic mass is 14.1. The summed E-state index contributed by atoms with van der Waals surface area (Å²) in [6, 6.07) is 0. The van der Waals surface area contributed by atoms with Gasteiger partial charge in [0.2, 0.25) is 0 Å². The summed E-state index contributed by atoms with van der Waals surface area (Å²) in [4.78, 5) is 0. The highest BCUT2D eigenvalue weighted by Gasteiger charge is 2.05. The Morgan fingerprint density at radius 3 is 1.62 bits per heavy atom. The van der Waals surface area contributed by atoms with Gasteiger partial charge in [-0.2, -0.15) is 0 Å². The van der Waals surface area contributed by atoms with Crippen molar-refractivity contribution in [2.75, 3.05) is 0 Å². The van der Waals surface area contributed by atoms with Crippen LogP contribution in [-0.2, 0) is 0 Å². The van der Waals surface area contributed by atoms with Gasteiger partial charge >= 0.3 is 0 Å². The van der Waals surface area contributed by atoms with Crippen LogP contribution in [0.1, 0.15) is 111 Å². The van der Waals surface area contributed by atoms with Gasteiger partial charge < -0.3 is 0 Å². The van der Waals surface area contributed by atoms with Crippen LogP contribution in [0.2, 0.25) is 0 Å². The lowest BCUT2D eigenvalue weighted by molar-refractivity contribution is 0.375. The lowest BCUT2D eigenvalue weighted by Gasteiger charge is -2.14. The van der Waals surface area contributed by atoms with Crippen LogP contribution in [0.4, 0.5) is 0 Å². The normalized spacial score (nSPS) is 13.4. The smallest absolute Gasteiger partial charge is 0.0351 e. The maximum atomic E-state index is 2.42. The molecule has 0 spiro atoms. The molecular weight excluding hydrogens is 252 g/mol. The molecule has 0 heterocycles. The highest BCUT2D eigenvalue weighted by molar-refractivity contribution is 4.81. The Morgan fingerprint density at radius 1 is 0.619 bits per heavy atom. The van der Waals surface area contributed by atoms with E-state index in [9.17, 15) is 0 Å². The van der Waals surface area contributed by atoms with Gasteiger partial charge in [0.05, 0.1) is 0 Å². The van der Waals surface area contributed by atoms with E-state index in [1.807, 2.05) is 0 Å². The van der Waals surface area contributed by atoms with Crippen LogP contribution in [0, 0.1) is 11.8 Å². The van der Waals surface area contributed by atoms with E-state index in [-0.39, 0.29) is 0 Å². The Bertz CT molecular complexity index is 214. The summed E-state index contributed by atoms with van der Waals surface area (Å²) in [5.74, 6) is 1.76. The van der Waals surface area contributed by atoms with Crippen molar-refractivity contribution in [2.45, 2.75) is 111 Å². The zero-order valence-corrected chi connectivity index (χ0v) is 15.5. The Balaban J connectivity index is 3.15. The minimum Gasteiger partial charge on any atom is -0.0885 e. The summed E-state index contributed by atoms with van der Waals surface area (Å²) in [6.07, 6.45) is 23.0. The molecule has 0 N–H and O–H groups in total. The standard InChI is InChI=1S/C21H42/c1-5-6-7-8-9-10-11-12-13-14-15-16-17-18-19-21(4)20(2)3/h12-13,20-21H,5-11,14-19H2,1-4H3. The molecular formula is C21H42. The minimum atomic E-state index is 0.856. The predicted octanol–water partition coefficient (Wildman–Crippen LogP) is 7.93. The zero-order chi connectivity index (χ0) is 15.8. The topological polar surface area (TPSA) is 0 Å². The van der Waals surface area contributed by atoms with E-state index in [1.54, 1.807) is 0 Å². The molecule has 0 aliphatic heterocycles. The van der Waals surface area contributed by atoms with E-state index in [4.69, 9.17) is 0 Å². The fourth-order valence-corrected chi connectivity index (χ4v) is 2.69. The molecule has 0 heteroatoms. The molecule has 0 saturated carbocycles. The molecule has 0 nitrogen and oxygen atoms in total. The Kier molecular flexibility index (Phi) is 15.9. The van der Waals surface area contributed by atoms with Gasteiger partial charge in [-0.25, -0.2) is 0 Å². The van der Waals surface area contributed by atoms with Crippen molar-refractivity contribution in [2.24, 2.45) is 11.8 Å². The van der Waals surface area contributed by atoms with Gasteiger partial charge in [-0.1, -0.05) is 97.6 Å². The molecule has 0 saturated heterocycles. The second-order valence-corrected chi connectivity index (χ2v) is 7.24. The first-order chi connectivity index (χ1) is 10.2. The number of rotatable bonds is 15. The lowest BCUT2D eigenvalue weighted by Crippen LogP contribution is -2.03. The van der Waals surface area contributed by atoms with E-state index < -0.39 is 0 Å². The Hall–Kier alpha value is -0.260. The Morgan fingerprint density at radius 2 is 1.10 bits per heavy atom. The second kappa shape index (κ2) is 16.1. The maximum absolute atomic E-state index is 2.42. The first kappa shape index (κ1) is 20.7. The minimum absolute atomic E-state index is 0.856. The highest BCUT2D eigenvalue weighted by Crippen LogP contribution is 2.18. The molecule has 0 rings (SSSR count). The molecule has 0 bridgehead atoms. The summed E-state index contributed by atoms with van der Waals surface area (Å²) in [7, 11) is 0. The first-order valence-corrected chi connectivity index (χ1v) is 9.83. The van der Waals surface area contributed by atoms with Crippen molar-refractivity contribution in [3.63, 3.8) is 0 Å². The third-order valence-corrected chi connectivity index (χ3v) is 4.81. The molecule has 0 aromatic carbocycles. The average Bonchev–Trinajstić information content (AvgIpc) is 2.47. The van der Waals surface area contributed by atoms with Crippen molar-refractivity contribution in [3.8, 4) is 0 Å². The molecule has 126 valence electrons. The number of hydrogen-bond donors (Lipinski definition) is 0. The van der Waals surface area contributed by atoms with Crippen molar-refractivity contribution in [3.05, 3.63) is 12.2 Å². The fourth-order valence-electron chi connectivity index (χ4n) is 2.69. The number of allylic oxidation sites excluding steroid dienone is 2. The van der Waals surface area contributed by atoms with Crippen LogP contribution in [0.15, 0.2) is 12.2 Å². The monoisotopic (exact) mass is 294 g/mol. The van der Waals surface area contributed by atoms with Gasteiger partial charge in [-0.05, 0) is 37.5 Å². The van der Waals surface area contributed by atoms with E-state index >= 15 is 0 Å². The van der Waals surface area contributed by atoms with Crippen LogP contribution >= 0.6 is 0 Å². The first-order valence-electron chi connectivity index (χ1n) is 9.83. The van der Waals surface area contributed by atoms with Gasteiger partial charge in [-0.15, -0.1) is 0 Å². The lowest BCUT2D eigenvalue weighted by atomic mass is 9.92. The van der Waals surface area contributed by atoms with Crippen LogP contribution < -0.4 is 0 Å². The van der Waals surface area contributed by atoms with E-state index in [0.717, 1.165) is 11.8 Å². The van der Waals surface area contributed by atoms with Crippen LogP contribution in [-0.4, -0.2) is 0 Å². The third kappa shape index (κ3) is 15.9. The molecule has 0 aromatic heterocycles. The molecule has 0 aliphatic carbocycles. The summed E-state index contributed by atoms with van der Waals surface area (Å²) in [5, 5.41) is 0. The number of hydrogen-bond acceptors (Lipinski definition) is 0. The summed E-state index contributed by atoms with van der Waals surface area (Å²) in [6.45, 7) is 9.38. The average molecular weight is 295 g/mol. The molecule has 1 atom stereocenters. The van der Waals surface area contributed by atoms with E-state index in [2.05, 4.69) is 39.8 Å². The van der Waals surface area contributed by atoms with Crippen molar-refractivity contribution in [1.82, 2.24) is 0 Å². The zero-order valence-electron chi connectivity index (χ0n) is 15.5. The molecule has 1 unspecified atom stereocenters. The number of unbranched alkanes of at least 4 members (excludes halogenated alkanes) is 10. The summed E-state index contributed by atoms with van der Waals surface area (Å²) >= 11 is 0. The summed E-state index contributed by atoms with van der Waals surface area (Å²) in [5.41, 5.74) is 0. The molecule has 21 heavy (non-hydrogen) atoms. The van der Waals surface area contributed by atoms with Crippen molar-refractivity contribution >= 4 is 0 Å². The molecule has 0 aliphatic rings. The van der Waals surface area contributed by atoms with Crippen molar-refractivity contribution in [1.29, 1.82) is 0 Å². The third-order valence-electron chi connectivity index (χ3n) is 4.81. The molecule has 0 amide bonds. The van der Waals surface area contributed by atoms with Crippen LogP contribution in [0.25, 0.3) is 0 Å². The molecule has 0 radical (unpaired) electrons.